The molecule has 23 heteroatoms. The standard InChI is InChI=1S/C22H22F2N4O2S2.C21H23NO2.C20H21NO2.C19H18BrP.C19H19NO3.C13H17N.CH4/c23-17-11-20(32(29,30)27-21-25-14-26-31-21)18(24)10-16(17)13-28-9-8-22(6-7-22)12-19(28)15-4-2-1-3-5-15;23-20(24-16-17-7-3-1-4-8-17)22-14-13-21(11-12-21)15-19(22)18-9-5-2-6-10-18;1-16-12-13-21(19(14-16)18-10-6-3-7-11-18)20(22)23-15-17-8-4-2-5-9-17;1-21(20,17-11-5-2-6-12-17,18-13-7-3-8-14-18)19-15-9-4-10-16-19;21-17-11-12-20(18(13-17)16-9-5-2-6-10-16)19(22)23-14-15-7-3-1-4-8-15;1-2-4-11(5-3-1)12-10-13(6-7-13)8-9-14-12;/h1-5,10-11,14,19H,6-9,12-13H2,(H,25,26,27);1-10,19H,11-16H2;2-11,19H,1,12-15H2;2-16H,1H3;1-10,18H,11-14H2;1-5,12,14H,6-10H2;1H4/t2*19-;;;;12-;/m11...1./s1. The molecular weight excluding hydrogens is 1850 g/mol. The number of carbonyl (C=O) groups excluding carboxylic acids is 4. The van der Waals surface area contributed by atoms with Gasteiger partial charge in [0.05, 0.1) is 18.1 Å². The van der Waals surface area contributed by atoms with Gasteiger partial charge in [-0.3, -0.25) is 14.4 Å². The third-order valence-electron chi connectivity index (χ3n) is 28.1. The molecule has 3 spiro atoms. The second kappa shape index (κ2) is 46.5. The zero-order valence-corrected chi connectivity index (χ0v) is 81.6. The van der Waals surface area contributed by atoms with Gasteiger partial charge in [0.15, 0.2) is 0 Å². The van der Waals surface area contributed by atoms with Crippen molar-refractivity contribution in [2.75, 3.05) is 44.1 Å². The number of piperidine rings is 5. The molecule has 3 saturated carbocycles. The fourth-order valence-electron chi connectivity index (χ4n) is 19.5. The Morgan fingerprint density at radius 2 is 0.819 bits per heavy atom. The molecule has 716 valence electrons. The topological polar surface area (TPSA) is 193 Å². The van der Waals surface area contributed by atoms with Crippen molar-refractivity contribution in [3.8, 4) is 0 Å². The maximum atomic E-state index is 15.0. The van der Waals surface area contributed by atoms with E-state index in [-0.39, 0.29) is 79.5 Å². The van der Waals surface area contributed by atoms with E-state index in [1.165, 1.54) is 102 Å². The third-order valence-corrected chi connectivity index (χ3v) is 38.5. The molecule has 8 fully saturated rings. The maximum absolute atomic E-state index is 15.0. The SMILES string of the molecule is C.C=C1CCN(C(=O)OCc2ccccc2)C(c2ccccc2)C1.CP(Br)(c1ccccc1)(c1ccccc1)c1ccccc1.O=C(OCc1ccccc1)N1CCC2(CC2)C[C@@H]1c1ccccc1.O=C1CCN(C(=O)OCc2ccccc2)C(c2ccccc2)C1.O=S(=O)(Nc1ncns1)c1cc(F)c(CN2CCC3(CC3)C[C@@H]2c2ccccc2)cc1F.c1ccc([C@H]2CC3(CCN2)CC3)cc1. The number of hydrogen-bond donors (Lipinski definition) is 2. The third kappa shape index (κ3) is 26.1. The summed E-state index contributed by atoms with van der Waals surface area (Å²) in [6.45, 7) is 11.4. The minimum Gasteiger partial charge on any atom is -0.445 e. The summed E-state index contributed by atoms with van der Waals surface area (Å²) in [5, 5.41) is 5.10. The predicted octanol–water partition coefficient (Wildman–Crippen LogP) is 26.1. The minimum atomic E-state index is -4.32. The van der Waals surface area contributed by atoms with Crippen LogP contribution in [0, 0.1) is 27.9 Å². The van der Waals surface area contributed by atoms with E-state index >= 15 is 0 Å². The van der Waals surface area contributed by atoms with Gasteiger partial charge in [-0.25, -0.2) is 36.6 Å². The van der Waals surface area contributed by atoms with Crippen LogP contribution in [0.1, 0.15) is 190 Å². The first-order valence-corrected chi connectivity index (χ1v) is 54.5. The Morgan fingerprint density at radius 3 is 1.24 bits per heavy atom. The molecule has 6 heterocycles. The van der Waals surface area contributed by atoms with Gasteiger partial charge in [-0.15, -0.1) is 0 Å². The summed E-state index contributed by atoms with van der Waals surface area (Å²) < 4.78 is 77.2. The maximum Gasteiger partial charge on any atom is 0.410 e. The van der Waals surface area contributed by atoms with Crippen LogP contribution in [0.4, 0.5) is 28.3 Å². The summed E-state index contributed by atoms with van der Waals surface area (Å²) in [6, 6.07) is 115. The molecule has 5 saturated heterocycles. The number of ether oxygens (including phenoxy) is 3. The molecule has 8 aliphatic rings. The van der Waals surface area contributed by atoms with Crippen molar-refractivity contribution in [2.24, 2.45) is 16.2 Å². The summed E-state index contributed by atoms with van der Waals surface area (Å²) >= 11 is 5.05. The van der Waals surface area contributed by atoms with Crippen LogP contribution in [-0.4, -0.2) is 101 Å². The molecule has 21 rings (SSSR count). The van der Waals surface area contributed by atoms with Crippen LogP contribution in [0.25, 0.3) is 0 Å². The van der Waals surface area contributed by atoms with Crippen LogP contribution in [0.3, 0.4) is 0 Å². The van der Waals surface area contributed by atoms with E-state index in [1.807, 2.05) is 174 Å². The molecule has 0 bridgehead atoms. The van der Waals surface area contributed by atoms with E-state index in [1.54, 1.807) is 4.90 Å². The van der Waals surface area contributed by atoms with E-state index in [0.29, 0.717) is 56.0 Å². The van der Waals surface area contributed by atoms with Gasteiger partial charge < -0.3 is 34.2 Å². The number of amides is 3. The number of nitrogens with zero attached hydrogens (tertiary/aromatic N) is 6. The zero-order chi connectivity index (χ0) is 95.1. The molecule has 13 aromatic rings. The number of nitrogens with one attached hydrogen (secondary N) is 2. The number of benzene rings is 12. The van der Waals surface area contributed by atoms with Gasteiger partial charge in [0.1, 0.15) is 48.5 Å². The van der Waals surface area contributed by atoms with Gasteiger partial charge in [0.25, 0.3) is 10.0 Å². The van der Waals surface area contributed by atoms with Crippen LogP contribution in [0.2, 0.25) is 0 Å². The van der Waals surface area contributed by atoms with E-state index in [4.69, 9.17) is 14.2 Å². The molecule has 3 aliphatic carbocycles. The number of anilines is 1. The van der Waals surface area contributed by atoms with Crippen molar-refractivity contribution in [3.05, 3.63) is 426 Å². The molecule has 2 N–H and O–H groups in total. The van der Waals surface area contributed by atoms with Gasteiger partial charge in [-0.1, -0.05) is 262 Å². The van der Waals surface area contributed by atoms with Crippen molar-refractivity contribution in [1.29, 1.82) is 0 Å². The Bertz CT molecular complexity index is 6000. The van der Waals surface area contributed by atoms with Crippen LogP contribution in [0.15, 0.2) is 369 Å². The van der Waals surface area contributed by atoms with Crippen molar-refractivity contribution in [3.63, 3.8) is 0 Å². The van der Waals surface area contributed by atoms with Gasteiger partial charge in [-0.05, 0) is 176 Å². The normalized spacial score (nSPS) is 19.4. The first-order valence-electron chi connectivity index (χ1n) is 47.6. The average molecular weight is 1980 g/mol. The molecule has 3 amide bonds. The monoisotopic (exact) mass is 1970 g/mol. The van der Waals surface area contributed by atoms with E-state index in [9.17, 15) is 36.4 Å². The number of ketones is 1. The van der Waals surface area contributed by atoms with E-state index < -0.39 is 31.9 Å². The summed E-state index contributed by atoms with van der Waals surface area (Å²) in [4.78, 5) is 60.1. The smallest absolute Gasteiger partial charge is 0.410 e. The number of likely N-dealkylation sites (tertiary alicyclic amines) is 4. The average Bonchev–Trinajstić information content (AvgIpc) is 1.38. The molecule has 5 atom stereocenters. The first kappa shape index (κ1) is 100. The Balaban J connectivity index is 0.000000127. The molecular formula is C115H124BrF2N8O9PS2. The van der Waals surface area contributed by atoms with Crippen LogP contribution < -0.4 is 26.0 Å². The predicted molar refractivity (Wildman–Crippen MR) is 553 cm³/mol. The molecule has 5 aliphatic heterocycles. The fourth-order valence-corrected chi connectivity index (χ4v) is 26.9. The Labute approximate surface area is 824 Å². The van der Waals surface area contributed by atoms with Crippen molar-refractivity contribution in [2.45, 2.75) is 172 Å². The molecule has 1 aromatic heterocycles. The van der Waals surface area contributed by atoms with Gasteiger partial charge >= 0.3 is 153 Å². The summed E-state index contributed by atoms with van der Waals surface area (Å²) in [6.07, 6.45) is 17.7. The van der Waals surface area contributed by atoms with E-state index in [0.717, 1.165) is 109 Å². The minimum absolute atomic E-state index is 0. The van der Waals surface area contributed by atoms with Crippen molar-refractivity contribution in [1.82, 2.24) is 34.3 Å². The Hall–Kier alpha value is -12.1. The number of aromatic nitrogens is 2. The van der Waals surface area contributed by atoms with Crippen LogP contribution in [0.5, 0.6) is 0 Å². The van der Waals surface area contributed by atoms with E-state index in [2.05, 4.69) is 223 Å². The number of sulfonamides is 1. The van der Waals surface area contributed by atoms with Crippen molar-refractivity contribution < 1.29 is 50.6 Å². The second-order valence-electron chi connectivity index (χ2n) is 37.5. The molecule has 138 heavy (non-hydrogen) atoms. The fraction of sp³-hybridized carbons (Fsp3) is 0.304. The number of Topliss-reactive ketones (excluding diaryl/α,β-unsaturated/α-hetero) is 1. The number of hydrogen-bond acceptors (Lipinski definition) is 14. The molecule has 12 aromatic carbocycles. The first-order chi connectivity index (χ1) is 66.6. The summed E-state index contributed by atoms with van der Waals surface area (Å²) in [7, 11) is -4.32. The summed E-state index contributed by atoms with van der Waals surface area (Å²) in [5.74, 6) is -1.56. The molecule has 17 nitrogen and oxygen atoms in total. The van der Waals surface area contributed by atoms with Gasteiger partial charge in [0.2, 0.25) is 5.13 Å². The quantitative estimate of drug-likeness (QED) is 0.0442. The second-order valence-corrected chi connectivity index (χ2v) is 49.7. The largest absolute Gasteiger partial charge is 0.445 e. The van der Waals surface area contributed by atoms with Crippen molar-refractivity contribution >= 4 is 87.5 Å². The molecule has 2 unspecified atom stereocenters. The zero-order valence-electron chi connectivity index (χ0n) is 77.5. The number of rotatable bonds is 19. The summed E-state index contributed by atoms with van der Waals surface area (Å²) in [5.41, 5.74) is 11.9. The van der Waals surface area contributed by atoms with Gasteiger partial charge in [0, 0.05) is 68.2 Å². The van der Waals surface area contributed by atoms with Crippen LogP contribution >= 0.6 is 32.3 Å². The Morgan fingerprint density at radius 1 is 0.457 bits per heavy atom. The van der Waals surface area contributed by atoms with Gasteiger partial charge in [-0.2, -0.15) is 4.37 Å². The number of carbonyl (C=O) groups is 4. The van der Waals surface area contributed by atoms with Crippen LogP contribution in [-0.2, 0) is 55.4 Å². The number of halogens is 3. The molecule has 0 radical (unpaired) electrons. The Kier molecular flexibility index (Phi) is 33.8.